The first-order valence-corrected chi connectivity index (χ1v) is 9.91. The monoisotopic (exact) mass is 421 g/mol. The Labute approximate surface area is 173 Å². The molecular weight excluding hydrogens is 400 g/mol. The molecule has 1 heterocycles. The molecule has 3 aromatic rings. The van der Waals surface area contributed by atoms with Gasteiger partial charge in [-0.2, -0.15) is 0 Å². The van der Waals surface area contributed by atoms with Crippen molar-refractivity contribution in [1.29, 1.82) is 0 Å². The molecule has 148 valence electrons. The molecule has 0 bridgehead atoms. The third-order valence-electron chi connectivity index (χ3n) is 4.74. The first-order chi connectivity index (χ1) is 13.4. The minimum absolute atomic E-state index is 0.257. The summed E-state index contributed by atoms with van der Waals surface area (Å²) in [5, 5.41) is 4.88. The zero-order valence-electron chi connectivity index (χ0n) is 15.8. The number of rotatable bonds is 6. The van der Waals surface area contributed by atoms with Crippen LogP contribution in [0.1, 0.15) is 23.7 Å². The number of aromatic nitrogens is 1. The molecule has 7 heteroatoms. The van der Waals surface area contributed by atoms with Crippen LogP contribution in [0.15, 0.2) is 36.4 Å². The first kappa shape index (κ1) is 20.6. The van der Waals surface area contributed by atoms with Crippen molar-refractivity contribution in [3.63, 3.8) is 0 Å². The maximum Gasteiger partial charge on any atom is 0.169 e. The van der Waals surface area contributed by atoms with Crippen LogP contribution in [0.5, 0.6) is 0 Å². The van der Waals surface area contributed by atoms with Crippen LogP contribution in [0.4, 0.5) is 8.78 Å². The number of H-pyrrole nitrogens is 1. The van der Waals surface area contributed by atoms with Gasteiger partial charge in [0.25, 0.3) is 0 Å². The van der Waals surface area contributed by atoms with Gasteiger partial charge in [0.05, 0.1) is 0 Å². The van der Waals surface area contributed by atoms with Gasteiger partial charge in [0.2, 0.25) is 0 Å². The number of halogens is 3. The standard InChI is InChI=1S/C21H22ClF2N3S/c1-3-25-21(28)27(12-17-18(22)5-4-6-19(17)24)10-9-15-13(2)26-20-8-7-14(23)11-16(15)20/h4-8,11,26H,3,9-10,12H2,1-2H3,(H,25,28). The third-order valence-corrected chi connectivity index (χ3v) is 5.50. The van der Waals surface area contributed by atoms with E-state index in [0.29, 0.717) is 35.2 Å². The van der Waals surface area contributed by atoms with Crippen molar-refractivity contribution < 1.29 is 8.78 Å². The Hall–Kier alpha value is -2.18. The molecule has 1 aromatic heterocycles. The van der Waals surface area contributed by atoms with Crippen molar-refractivity contribution in [2.45, 2.75) is 26.8 Å². The molecule has 0 amide bonds. The Bertz CT molecular complexity index is 982. The molecule has 0 fully saturated rings. The summed E-state index contributed by atoms with van der Waals surface area (Å²) in [5.41, 5.74) is 3.32. The van der Waals surface area contributed by atoms with Crippen molar-refractivity contribution in [3.8, 4) is 0 Å². The highest BCUT2D eigenvalue weighted by molar-refractivity contribution is 7.80. The van der Waals surface area contributed by atoms with Crippen LogP contribution in [-0.4, -0.2) is 28.1 Å². The average Bonchev–Trinajstić information content (AvgIpc) is 2.95. The smallest absolute Gasteiger partial charge is 0.169 e. The summed E-state index contributed by atoms with van der Waals surface area (Å²) in [6, 6.07) is 9.35. The Morgan fingerprint density at radius 3 is 2.71 bits per heavy atom. The first-order valence-electron chi connectivity index (χ1n) is 9.13. The number of aromatic amines is 1. The lowest BCUT2D eigenvalue weighted by molar-refractivity contribution is 0.401. The van der Waals surface area contributed by atoms with E-state index in [2.05, 4.69) is 10.3 Å². The number of hydrogen-bond acceptors (Lipinski definition) is 1. The SMILES string of the molecule is CCNC(=S)N(CCc1c(C)[nH]c2ccc(F)cc12)Cc1c(F)cccc1Cl. The summed E-state index contributed by atoms with van der Waals surface area (Å²) in [7, 11) is 0. The Morgan fingerprint density at radius 2 is 2.00 bits per heavy atom. The van der Waals surface area contributed by atoms with E-state index in [9.17, 15) is 8.78 Å². The van der Waals surface area contributed by atoms with E-state index in [1.807, 2.05) is 18.7 Å². The lowest BCUT2D eigenvalue weighted by atomic mass is 10.1. The summed E-state index contributed by atoms with van der Waals surface area (Å²) < 4.78 is 28.0. The molecule has 0 aliphatic rings. The van der Waals surface area contributed by atoms with E-state index >= 15 is 0 Å². The number of hydrogen-bond donors (Lipinski definition) is 2. The molecule has 0 spiro atoms. The quantitative estimate of drug-likeness (QED) is 0.526. The van der Waals surface area contributed by atoms with Crippen molar-refractivity contribution in [2.24, 2.45) is 0 Å². The molecule has 0 aliphatic carbocycles. The maximum atomic E-state index is 14.3. The zero-order valence-corrected chi connectivity index (χ0v) is 17.4. The molecule has 0 saturated heterocycles. The van der Waals surface area contributed by atoms with Crippen LogP contribution in [0.3, 0.4) is 0 Å². The number of nitrogens with one attached hydrogen (secondary N) is 2. The van der Waals surface area contributed by atoms with Crippen LogP contribution < -0.4 is 5.32 Å². The van der Waals surface area contributed by atoms with Gasteiger partial charge >= 0.3 is 0 Å². The molecule has 0 saturated carbocycles. The van der Waals surface area contributed by atoms with Crippen LogP contribution >= 0.6 is 23.8 Å². The highest BCUT2D eigenvalue weighted by Gasteiger charge is 2.17. The second-order valence-corrected chi connectivity index (χ2v) is 7.42. The van der Waals surface area contributed by atoms with Gasteiger partial charge in [0, 0.05) is 46.8 Å². The van der Waals surface area contributed by atoms with E-state index in [4.69, 9.17) is 23.8 Å². The van der Waals surface area contributed by atoms with E-state index in [0.717, 1.165) is 22.2 Å². The fourth-order valence-electron chi connectivity index (χ4n) is 3.31. The summed E-state index contributed by atoms with van der Waals surface area (Å²) in [6.45, 7) is 5.38. The molecule has 0 aliphatic heterocycles. The van der Waals surface area contributed by atoms with E-state index in [1.165, 1.54) is 18.2 Å². The Kier molecular flexibility index (Phi) is 6.52. The molecular formula is C21H22ClF2N3S. The van der Waals surface area contributed by atoms with Gasteiger partial charge in [-0.15, -0.1) is 0 Å². The Morgan fingerprint density at radius 1 is 1.21 bits per heavy atom. The van der Waals surface area contributed by atoms with Gasteiger partial charge in [-0.3, -0.25) is 0 Å². The highest BCUT2D eigenvalue weighted by atomic mass is 35.5. The Balaban J connectivity index is 1.86. The normalized spacial score (nSPS) is 11.0. The average molecular weight is 422 g/mol. The number of fused-ring (bicyclic) bond motifs is 1. The predicted octanol–water partition coefficient (Wildman–Crippen LogP) is 5.35. The summed E-state index contributed by atoms with van der Waals surface area (Å²) in [6.07, 6.45) is 0.632. The maximum absolute atomic E-state index is 14.3. The van der Waals surface area contributed by atoms with Gasteiger partial charge in [0.1, 0.15) is 11.6 Å². The minimum atomic E-state index is -0.359. The third kappa shape index (κ3) is 4.45. The molecule has 2 aromatic carbocycles. The van der Waals surface area contributed by atoms with Gasteiger partial charge in [0.15, 0.2) is 5.11 Å². The van der Waals surface area contributed by atoms with Gasteiger partial charge < -0.3 is 15.2 Å². The minimum Gasteiger partial charge on any atom is -0.363 e. The topological polar surface area (TPSA) is 31.1 Å². The molecule has 0 atom stereocenters. The molecule has 0 unspecified atom stereocenters. The summed E-state index contributed by atoms with van der Waals surface area (Å²) in [4.78, 5) is 5.18. The van der Waals surface area contributed by atoms with Crippen LogP contribution in [-0.2, 0) is 13.0 Å². The van der Waals surface area contributed by atoms with Crippen LogP contribution in [0.25, 0.3) is 10.9 Å². The molecule has 2 N–H and O–H groups in total. The van der Waals surface area contributed by atoms with E-state index < -0.39 is 0 Å². The van der Waals surface area contributed by atoms with Gasteiger partial charge in [-0.1, -0.05) is 17.7 Å². The van der Waals surface area contributed by atoms with Gasteiger partial charge in [-0.25, -0.2) is 8.78 Å². The van der Waals surface area contributed by atoms with E-state index in [1.54, 1.807) is 18.2 Å². The fourth-order valence-corrected chi connectivity index (χ4v) is 3.84. The van der Waals surface area contributed by atoms with Crippen molar-refractivity contribution in [1.82, 2.24) is 15.2 Å². The number of benzene rings is 2. The number of thiocarbonyl (C=S) groups is 1. The second kappa shape index (κ2) is 8.88. The van der Waals surface area contributed by atoms with E-state index in [-0.39, 0.29) is 18.2 Å². The van der Waals surface area contributed by atoms with Crippen molar-refractivity contribution in [3.05, 3.63) is 69.9 Å². The predicted molar refractivity (Wildman–Crippen MR) is 115 cm³/mol. The summed E-state index contributed by atoms with van der Waals surface area (Å²) in [5.74, 6) is -0.631. The largest absolute Gasteiger partial charge is 0.363 e. The lowest BCUT2D eigenvalue weighted by Crippen LogP contribution is -2.40. The molecule has 0 radical (unpaired) electrons. The lowest BCUT2D eigenvalue weighted by Gasteiger charge is -2.26. The van der Waals surface area contributed by atoms with Crippen LogP contribution in [0, 0.1) is 18.6 Å². The van der Waals surface area contributed by atoms with Crippen molar-refractivity contribution in [2.75, 3.05) is 13.1 Å². The summed E-state index contributed by atoms with van der Waals surface area (Å²) >= 11 is 11.7. The highest BCUT2D eigenvalue weighted by Crippen LogP contribution is 2.25. The molecule has 28 heavy (non-hydrogen) atoms. The number of nitrogens with zero attached hydrogens (tertiary/aromatic N) is 1. The van der Waals surface area contributed by atoms with Crippen LogP contribution in [0.2, 0.25) is 5.02 Å². The van der Waals surface area contributed by atoms with Gasteiger partial charge in [-0.05, 0) is 68.4 Å². The fraction of sp³-hybridized carbons (Fsp3) is 0.286. The second-order valence-electron chi connectivity index (χ2n) is 6.63. The zero-order chi connectivity index (χ0) is 20.3. The number of aryl methyl sites for hydroxylation is 1. The molecule has 3 nitrogen and oxygen atoms in total. The molecule has 3 rings (SSSR count). The van der Waals surface area contributed by atoms with Crippen molar-refractivity contribution >= 4 is 39.8 Å².